The molecular weight excluding hydrogens is 349 g/mol. The van der Waals surface area contributed by atoms with Gasteiger partial charge in [0, 0.05) is 44.4 Å². The number of carbonyl (C=O) groups excluding carboxylic acids is 1. The van der Waals surface area contributed by atoms with Crippen LogP contribution in [0.1, 0.15) is 12.5 Å². The first-order valence-corrected chi connectivity index (χ1v) is 8.98. The molecular formula is C19H22FN5O2. The number of nitrogens with zero attached hydrogens (tertiary/aromatic N) is 3. The number of benzene rings is 1. The number of hydrogen-bond donors (Lipinski definition) is 2. The standard InChI is InChI=1S/C19H22FN5O2/c1-12-19(26)23-16-8-13(15(20)9-17(16)27-12)11-24-4-6-25(7-5-24)18-3-2-14(21)10-22-18/h2-3,8-10,12H,4-7,11,21H2,1H3,(H,23,26). The van der Waals surface area contributed by atoms with Crippen molar-refractivity contribution in [1.82, 2.24) is 9.88 Å². The number of nitrogens with two attached hydrogens (primary N) is 1. The SMILES string of the molecule is CC1Oc2cc(F)c(CN3CCN(c4ccc(N)cn4)CC3)cc2NC1=O. The van der Waals surface area contributed by atoms with Gasteiger partial charge < -0.3 is 20.7 Å². The van der Waals surface area contributed by atoms with Crippen LogP contribution >= 0.6 is 0 Å². The summed E-state index contributed by atoms with van der Waals surface area (Å²) in [5.74, 6) is 0.741. The van der Waals surface area contributed by atoms with Crippen LogP contribution in [0.15, 0.2) is 30.5 Å². The zero-order valence-electron chi connectivity index (χ0n) is 15.1. The van der Waals surface area contributed by atoms with Gasteiger partial charge in [0.25, 0.3) is 5.91 Å². The van der Waals surface area contributed by atoms with Crippen LogP contribution in [-0.2, 0) is 11.3 Å². The molecule has 1 aromatic heterocycles. The first kappa shape index (κ1) is 17.5. The van der Waals surface area contributed by atoms with Crippen molar-refractivity contribution in [2.24, 2.45) is 0 Å². The Morgan fingerprint density at radius 3 is 2.78 bits per heavy atom. The fraction of sp³-hybridized carbons (Fsp3) is 0.368. The van der Waals surface area contributed by atoms with E-state index in [1.165, 1.54) is 6.07 Å². The third-order valence-electron chi connectivity index (χ3n) is 4.94. The van der Waals surface area contributed by atoms with Crippen molar-refractivity contribution in [2.75, 3.05) is 42.1 Å². The molecule has 3 heterocycles. The summed E-state index contributed by atoms with van der Waals surface area (Å²) >= 11 is 0. The average molecular weight is 371 g/mol. The topological polar surface area (TPSA) is 83.7 Å². The number of ether oxygens (including phenoxy) is 1. The number of fused-ring (bicyclic) bond motifs is 1. The number of hydrogen-bond acceptors (Lipinski definition) is 6. The molecule has 4 rings (SSSR count). The van der Waals surface area contributed by atoms with Crippen molar-refractivity contribution < 1.29 is 13.9 Å². The number of halogens is 1. The normalized spacial score (nSPS) is 20.0. The van der Waals surface area contributed by atoms with Crippen LogP contribution in [0.5, 0.6) is 5.75 Å². The smallest absolute Gasteiger partial charge is 0.265 e. The lowest BCUT2D eigenvalue weighted by molar-refractivity contribution is -0.122. The molecule has 0 aliphatic carbocycles. The van der Waals surface area contributed by atoms with Gasteiger partial charge in [-0.15, -0.1) is 0 Å². The summed E-state index contributed by atoms with van der Waals surface area (Å²) in [5, 5.41) is 2.77. The molecule has 1 amide bonds. The number of nitrogen functional groups attached to an aromatic ring is 1. The van der Waals surface area contributed by atoms with E-state index in [4.69, 9.17) is 10.5 Å². The molecule has 3 N–H and O–H groups in total. The van der Waals surface area contributed by atoms with Gasteiger partial charge in [0.2, 0.25) is 0 Å². The molecule has 7 nitrogen and oxygen atoms in total. The molecule has 1 fully saturated rings. The molecule has 1 atom stereocenters. The zero-order valence-corrected chi connectivity index (χ0v) is 15.1. The van der Waals surface area contributed by atoms with Crippen molar-refractivity contribution in [3.05, 3.63) is 41.8 Å². The highest BCUT2D eigenvalue weighted by atomic mass is 19.1. The van der Waals surface area contributed by atoms with Crippen LogP contribution in [-0.4, -0.2) is 48.1 Å². The minimum atomic E-state index is -0.613. The van der Waals surface area contributed by atoms with Crippen molar-refractivity contribution in [2.45, 2.75) is 19.6 Å². The summed E-state index contributed by atoms with van der Waals surface area (Å²) in [6.07, 6.45) is 1.04. The molecule has 2 aliphatic rings. The highest BCUT2D eigenvalue weighted by molar-refractivity contribution is 5.97. The molecule has 27 heavy (non-hydrogen) atoms. The number of aromatic nitrogens is 1. The minimum absolute atomic E-state index is 0.218. The lowest BCUT2D eigenvalue weighted by atomic mass is 10.1. The van der Waals surface area contributed by atoms with Gasteiger partial charge in [0.1, 0.15) is 17.4 Å². The molecule has 1 saturated heterocycles. The Morgan fingerprint density at radius 2 is 2.07 bits per heavy atom. The van der Waals surface area contributed by atoms with Gasteiger partial charge in [-0.1, -0.05) is 0 Å². The zero-order chi connectivity index (χ0) is 19.0. The van der Waals surface area contributed by atoms with E-state index in [0.717, 1.165) is 32.0 Å². The second-order valence-corrected chi connectivity index (χ2v) is 6.90. The Bertz CT molecular complexity index is 850. The van der Waals surface area contributed by atoms with Gasteiger partial charge >= 0.3 is 0 Å². The van der Waals surface area contributed by atoms with Crippen LogP contribution in [0.2, 0.25) is 0 Å². The van der Waals surface area contributed by atoms with Gasteiger partial charge in [-0.05, 0) is 25.1 Å². The van der Waals surface area contributed by atoms with Crippen LogP contribution in [0.3, 0.4) is 0 Å². The van der Waals surface area contributed by atoms with Crippen LogP contribution in [0.25, 0.3) is 0 Å². The summed E-state index contributed by atoms with van der Waals surface area (Å²) in [7, 11) is 0. The number of pyridine rings is 1. The lowest BCUT2D eigenvalue weighted by Gasteiger charge is -2.35. The van der Waals surface area contributed by atoms with Crippen molar-refractivity contribution in [3.8, 4) is 5.75 Å². The number of anilines is 3. The largest absolute Gasteiger partial charge is 0.479 e. The van der Waals surface area contributed by atoms with Crippen LogP contribution < -0.4 is 20.7 Å². The van der Waals surface area contributed by atoms with E-state index in [9.17, 15) is 9.18 Å². The van der Waals surface area contributed by atoms with E-state index in [1.54, 1.807) is 19.2 Å². The van der Waals surface area contributed by atoms with E-state index in [0.29, 0.717) is 29.2 Å². The fourth-order valence-electron chi connectivity index (χ4n) is 3.36. The Hall–Kier alpha value is -2.87. The van der Waals surface area contributed by atoms with Gasteiger partial charge in [-0.25, -0.2) is 9.37 Å². The maximum atomic E-state index is 14.5. The second kappa shape index (κ2) is 7.03. The molecule has 2 aliphatic heterocycles. The fourth-order valence-corrected chi connectivity index (χ4v) is 3.36. The third-order valence-corrected chi connectivity index (χ3v) is 4.94. The molecule has 8 heteroatoms. The van der Waals surface area contributed by atoms with Gasteiger partial charge in [0.15, 0.2) is 6.10 Å². The summed E-state index contributed by atoms with van der Waals surface area (Å²) in [6.45, 7) is 5.32. The van der Waals surface area contributed by atoms with Crippen molar-refractivity contribution in [1.29, 1.82) is 0 Å². The summed E-state index contributed by atoms with van der Waals surface area (Å²) in [4.78, 5) is 20.5. The Morgan fingerprint density at radius 1 is 1.30 bits per heavy atom. The van der Waals surface area contributed by atoms with Crippen molar-refractivity contribution >= 4 is 23.1 Å². The molecule has 1 aromatic carbocycles. The Kier molecular flexibility index (Phi) is 4.57. The monoisotopic (exact) mass is 371 g/mol. The number of nitrogens with one attached hydrogen (secondary N) is 1. The average Bonchev–Trinajstić information content (AvgIpc) is 2.65. The molecule has 0 spiro atoms. The highest BCUT2D eigenvalue weighted by Crippen LogP contribution is 2.32. The molecule has 0 saturated carbocycles. The highest BCUT2D eigenvalue weighted by Gasteiger charge is 2.26. The molecule has 0 bridgehead atoms. The Labute approximate surface area is 156 Å². The van der Waals surface area contributed by atoms with E-state index in [-0.39, 0.29) is 11.7 Å². The maximum Gasteiger partial charge on any atom is 0.265 e. The predicted octanol–water partition coefficient (Wildman–Crippen LogP) is 1.84. The van der Waals surface area contributed by atoms with Crippen LogP contribution in [0, 0.1) is 5.82 Å². The first-order chi connectivity index (χ1) is 13.0. The molecule has 142 valence electrons. The number of amides is 1. The minimum Gasteiger partial charge on any atom is -0.479 e. The van der Waals surface area contributed by atoms with E-state index in [1.807, 2.05) is 12.1 Å². The number of carbonyl (C=O) groups is 1. The Balaban J connectivity index is 1.41. The molecule has 2 aromatic rings. The van der Waals surface area contributed by atoms with E-state index < -0.39 is 6.10 Å². The lowest BCUT2D eigenvalue weighted by Crippen LogP contribution is -2.46. The van der Waals surface area contributed by atoms with Crippen molar-refractivity contribution in [3.63, 3.8) is 0 Å². The third kappa shape index (κ3) is 3.66. The summed E-state index contributed by atoms with van der Waals surface area (Å²) < 4.78 is 19.9. The molecule has 0 radical (unpaired) electrons. The number of piperazine rings is 1. The van der Waals surface area contributed by atoms with E-state index >= 15 is 0 Å². The van der Waals surface area contributed by atoms with Gasteiger partial charge in [-0.3, -0.25) is 9.69 Å². The van der Waals surface area contributed by atoms with Gasteiger partial charge in [-0.2, -0.15) is 0 Å². The first-order valence-electron chi connectivity index (χ1n) is 8.98. The predicted molar refractivity (Wildman–Crippen MR) is 101 cm³/mol. The van der Waals surface area contributed by atoms with Gasteiger partial charge in [0.05, 0.1) is 17.6 Å². The summed E-state index contributed by atoms with van der Waals surface area (Å²) in [6, 6.07) is 6.78. The second-order valence-electron chi connectivity index (χ2n) is 6.90. The molecule has 1 unspecified atom stereocenters. The number of rotatable bonds is 3. The van der Waals surface area contributed by atoms with E-state index in [2.05, 4.69) is 20.1 Å². The maximum absolute atomic E-state index is 14.5. The van der Waals surface area contributed by atoms with Crippen LogP contribution in [0.4, 0.5) is 21.6 Å². The summed E-state index contributed by atoms with van der Waals surface area (Å²) in [5.41, 5.74) is 7.40. The quantitative estimate of drug-likeness (QED) is 0.857.